The molecule has 2 rings (SSSR count). The monoisotopic (exact) mass is 247 g/mol. The van der Waals surface area contributed by atoms with Crippen LogP contribution in [0, 0.1) is 12.8 Å². The van der Waals surface area contributed by atoms with E-state index >= 15 is 0 Å². The Morgan fingerprint density at radius 2 is 2.22 bits per heavy atom. The quantitative estimate of drug-likeness (QED) is 0.748. The second-order valence-electron chi connectivity index (χ2n) is 5.21. The van der Waals surface area contributed by atoms with Crippen molar-refractivity contribution >= 4 is 5.97 Å². The predicted octanol–water partition coefficient (Wildman–Crippen LogP) is 2.38. The Balaban J connectivity index is 2.05. The largest absolute Gasteiger partial charge is 0.468 e. The van der Waals surface area contributed by atoms with E-state index in [9.17, 15) is 4.79 Å². The van der Waals surface area contributed by atoms with E-state index in [0.29, 0.717) is 5.92 Å². The van der Waals surface area contributed by atoms with Crippen LogP contribution in [0.2, 0.25) is 0 Å². The molecule has 1 aromatic rings. The molecule has 18 heavy (non-hydrogen) atoms. The van der Waals surface area contributed by atoms with Crippen LogP contribution in [0.3, 0.4) is 0 Å². The summed E-state index contributed by atoms with van der Waals surface area (Å²) >= 11 is 0. The summed E-state index contributed by atoms with van der Waals surface area (Å²) in [7, 11) is 3.47. The summed E-state index contributed by atoms with van der Waals surface area (Å²) in [5.74, 6) is 0.375. The second kappa shape index (κ2) is 5.53. The van der Waals surface area contributed by atoms with Crippen molar-refractivity contribution < 1.29 is 9.53 Å². The molecule has 0 amide bonds. The summed E-state index contributed by atoms with van der Waals surface area (Å²) in [6.45, 7) is 2.88. The summed E-state index contributed by atoms with van der Waals surface area (Å²) in [6, 6.07) is 8.32. The molecule has 0 heterocycles. The predicted molar refractivity (Wildman–Crippen MR) is 71.2 cm³/mol. The van der Waals surface area contributed by atoms with Gasteiger partial charge in [-0.2, -0.15) is 0 Å². The van der Waals surface area contributed by atoms with Crippen LogP contribution in [-0.2, 0) is 16.1 Å². The minimum Gasteiger partial charge on any atom is -0.468 e. The number of nitrogens with zero attached hydrogens (tertiary/aromatic N) is 1. The standard InChI is InChI=1S/C15H21NO2/c1-11-5-4-6-12(9-11)10-16(2)14(13-7-8-13)15(17)18-3/h4-6,9,13-14H,7-8,10H2,1-3H3. The van der Waals surface area contributed by atoms with E-state index in [1.165, 1.54) is 18.2 Å². The Hall–Kier alpha value is -1.35. The molecular weight excluding hydrogens is 226 g/mol. The van der Waals surface area contributed by atoms with Gasteiger partial charge in [-0.3, -0.25) is 9.69 Å². The number of aryl methyl sites for hydroxylation is 1. The van der Waals surface area contributed by atoms with Gasteiger partial charge < -0.3 is 4.74 Å². The van der Waals surface area contributed by atoms with Crippen molar-refractivity contribution in [3.8, 4) is 0 Å². The molecule has 0 saturated heterocycles. The number of hydrogen-bond donors (Lipinski definition) is 0. The van der Waals surface area contributed by atoms with Crippen molar-refractivity contribution in [3.63, 3.8) is 0 Å². The van der Waals surface area contributed by atoms with E-state index in [1.54, 1.807) is 0 Å². The molecule has 1 unspecified atom stereocenters. The van der Waals surface area contributed by atoms with Crippen LogP contribution in [0.25, 0.3) is 0 Å². The maximum absolute atomic E-state index is 11.8. The highest BCUT2D eigenvalue weighted by atomic mass is 16.5. The van der Waals surface area contributed by atoms with Crippen LogP contribution in [0.1, 0.15) is 24.0 Å². The molecule has 98 valence electrons. The van der Waals surface area contributed by atoms with Crippen LogP contribution in [0.4, 0.5) is 0 Å². The van der Waals surface area contributed by atoms with E-state index in [4.69, 9.17) is 4.74 Å². The zero-order valence-corrected chi connectivity index (χ0v) is 11.3. The minimum absolute atomic E-state index is 0.0875. The topological polar surface area (TPSA) is 29.5 Å². The van der Waals surface area contributed by atoms with Crippen LogP contribution < -0.4 is 0 Å². The summed E-state index contributed by atoms with van der Waals surface area (Å²) < 4.78 is 4.92. The van der Waals surface area contributed by atoms with E-state index < -0.39 is 0 Å². The van der Waals surface area contributed by atoms with Crippen molar-refractivity contribution in [2.75, 3.05) is 14.2 Å². The lowest BCUT2D eigenvalue weighted by Crippen LogP contribution is -2.40. The van der Waals surface area contributed by atoms with Crippen molar-refractivity contribution in [3.05, 3.63) is 35.4 Å². The highest BCUT2D eigenvalue weighted by Crippen LogP contribution is 2.36. The molecule has 1 aromatic carbocycles. The fourth-order valence-electron chi connectivity index (χ4n) is 2.46. The molecule has 0 aliphatic heterocycles. The Bertz CT molecular complexity index is 426. The van der Waals surface area contributed by atoms with Gasteiger partial charge in [0.15, 0.2) is 0 Å². The van der Waals surface area contributed by atoms with Crippen molar-refractivity contribution in [2.24, 2.45) is 5.92 Å². The molecule has 3 heteroatoms. The highest BCUT2D eigenvalue weighted by molar-refractivity contribution is 5.76. The van der Waals surface area contributed by atoms with E-state index in [0.717, 1.165) is 19.4 Å². The Labute approximate surface area is 109 Å². The fourth-order valence-corrected chi connectivity index (χ4v) is 2.46. The normalized spacial score (nSPS) is 16.7. The zero-order valence-electron chi connectivity index (χ0n) is 11.3. The number of benzene rings is 1. The lowest BCUT2D eigenvalue weighted by atomic mass is 10.1. The molecule has 1 fully saturated rings. The van der Waals surface area contributed by atoms with Crippen LogP contribution in [0.5, 0.6) is 0 Å². The number of esters is 1. The van der Waals surface area contributed by atoms with Crippen molar-refractivity contribution in [1.29, 1.82) is 0 Å². The number of methoxy groups -OCH3 is 1. The van der Waals surface area contributed by atoms with Gasteiger partial charge in [0.2, 0.25) is 0 Å². The Morgan fingerprint density at radius 3 is 2.78 bits per heavy atom. The molecule has 1 atom stereocenters. The minimum atomic E-state index is -0.104. The summed E-state index contributed by atoms with van der Waals surface area (Å²) in [4.78, 5) is 13.9. The average Bonchev–Trinajstić information content (AvgIpc) is 3.13. The van der Waals surface area contributed by atoms with Gasteiger partial charge in [0.25, 0.3) is 0 Å². The number of carbonyl (C=O) groups excluding carboxylic acids is 1. The van der Waals surface area contributed by atoms with Crippen molar-refractivity contribution in [2.45, 2.75) is 32.4 Å². The molecule has 3 nitrogen and oxygen atoms in total. The van der Waals surface area contributed by atoms with E-state index in [-0.39, 0.29) is 12.0 Å². The van der Waals surface area contributed by atoms with Crippen LogP contribution >= 0.6 is 0 Å². The van der Waals surface area contributed by atoms with E-state index in [1.807, 2.05) is 7.05 Å². The van der Waals surface area contributed by atoms with Crippen molar-refractivity contribution in [1.82, 2.24) is 4.90 Å². The molecule has 0 radical (unpaired) electrons. The second-order valence-corrected chi connectivity index (χ2v) is 5.21. The number of likely N-dealkylation sites (N-methyl/N-ethyl adjacent to an activating group) is 1. The maximum Gasteiger partial charge on any atom is 0.323 e. The lowest BCUT2D eigenvalue weighted by Gasteiger charge is -2.25. The molecule has 0 N–H and O–H groups in total. The number of ether oxygens (including phenoxy) is 1. The molecule has 1 aliphatic carbocycles. The summed E-state index contributed by atoms with van der Waals surface area (Å²) in [5, 5.41) is 0. The van der Waals surface area contributed by atoms with Gasteiger partial charge in [-0.1, -0.05) is 29.8 Å². The first-order valence-electron chi connectivity index (χ1n) is 6.45. The number of hydrogen-bond acceptors (Lipinski definition) is 3. The molecule has 0 aromatic heterocycles. The lowest BCUT2D eigenvalue weighted by molar-refractivity contribution is -0.147. The Morgan fingerprint density at radius 1 is 1.50 bits per heavy atom. The van der Waals surface area contributed by atoms with Gasteiger partial charge in [-0.25, -0.2) is 0 Å². The zero-order chi connectivity index (χ0) is 13.1. The maximum atomic E-state index is 11.8. The van der Waals surface area contributed by atoms with Crippen LogP contribution in [-0.4, -0.2) is 31.1 Å². The van der Waals surface area contributed by atoms with Gasteiger partial charge in [-0.05, 0) is 38.3 Å². The summed E-state index contributed by atoms with van der Waals surface area (Å²) in [5.41, 5.74) is 2.49. The smallest absolute Gasteiger partial charge is 0.323 e. The van der Waals surface area contributed by atoms with Gasteiger partial charge in [0, 0.05) is 6.54 Å². The third-order valence-corrected chi connectivity index (χ3v) is 3.50. The third-order valence-electron chi connectivity index (χ3n) is 3.50. The molecule has 0 bridgehead atoms. The highest BCUT2D eigenvalue weighted by Gasteiger charge is 2.39. The molecule has 1 aliphatic rings. The first-order chi connectivity index (χ1) is 8.61. The number of carbonyl (C=O) groups is 1. The Kier molecular flexibility index (Phi) is 4.02. The fraction of sp³-hybridized carbons (Fsp3) is 0.533. The molecule has 0 spiro atoms. The first-order valence-corrected chi connectivity index (χ1v) is 6.45. The van der Waals surface area contributed by atoms with Gasteiger partial charge >= 0.3 is 5.97 Å². The molecule has 1 saturated carbocycles. The van der Waals surface area contributed by atoms with Gasteiger partial charge in [0.1, 0.15) is 6.04 Å². The van der Waals surface area contributed by atoms with E-state index in [2.05, 4.69) is 36.1 Å². The third kappa shape index (κ3) is 3.10. The molecular formula is C15H21NO2. The first kappa shape index (κ1) is 13.1. The van der Waals surface area contributed by atoms with Crippen LogP contribution in [0.15, 0.2) is 24.3 Å². The van der Waals surface area contributed by atoms with Gasteiger partial charge in [-0.15, -0.1) is 0 Å². The SMILES string of the molecule is COC(=O)C(C1CC1)N(C)Cc1cccc(C)c1. The summed E-state index contributed by atoms with van der Waals surface area (Å²) in [6.07, 6.45) is 2.27. The average molecular weight is 247 g/mol. The van der Waals surface area contributed by atoms with Gasteiger partial charge in [0.05, 0.1) is 7.11 Å². The number of rotatable bonds is 5.